The second-order valence-electron chi connectivity index (χ2n) is 6.72. The number of anilines is 2. The highest BCUT2D eigenvalue weighted by molar-refractivity contribution is 7.99. The molecule has 2 aliphatic heterocycles. The summed E-state index contributed by atoms with van der Waals surface area (Å²) in [5, 5.41) is 4.14. The van der Waals surface area contributed by atoms with Crippen molar-refractivity contribution in [1.82, 2.24) is 4.90 Å². The van der Waals surface area contributed by atoms with E-state index in [0.717, 1.165) is 32.6 Å². The molecular formula is C18H27N3OS. The summed E-state index contributed by atoms with van der Waals surface area (Å²) in [5.41, 5.74) is 4.01. The number of carbonyl (C=O) groups excluding carboxylic acids is 1. The number of benzene rings is 1. The van der Waals surface area contributed by atoms with E-state index in [-0.39, 0.29) is 11.8 Å². The lowest BCUT2D eigenvalue weighted by Crippen LogP contribution is -2.50. The Balaban J connectivity index is 1.64. The summed E-state index contributed by atoms with van der Waals surface area (Å²) in [5.74, 6) is 0.378. The van der Waals surface area contributed by atoms with Gasteiger partial charge in [-0.05, 0) is 42.9 Å². The minimum Gasteiger partial charge on any atom is -0.373 e. The lowest BCUT2D eigenvalue weighted by molar-refractivity contribution is -0.134. The highest BCUT2D eigenvalue weighted by atomic mass is 32.2. The van der Waals surface area contributed by atoms with E-state index in [1.165, 1.54) is 23.4 Å². The van der Waals surface area contributed by atoms with E-state index in [1.54, 1.807) is 0 Å². The van der Waals surface area contributed by atoms with Crippen molar-refractivity contribution < 1.29 is 4.79 Å². The predicted octanol–water partition coefficient (Wildman–Crippen LogP) is 3.04. The Kier molecular flexibility index (Phi) is 5.05. The normalized spacial score (nSPS) is 21.1. The molecule has 3 rings (SSSR count). The summed E-state index contributed by atoms with van der Waals surface area (Å²) in [7, 11) is 0. The summed E-state index contributed by atoms with van der Waals surface area (Å²) >= 11 is 1.89. The Labute approximate surface area is 143 Å². The molecule has 1 unspecified atom stereocenters. The zero-order valence-electron chi connectivity index (χ0n) is 14.3. The zero-order valence-corrected chi connectivity index (χ0v) is 15.2. The summed E-state index contributed by atoms with van der Waals surface area (Å²) in [6.07, 6.45) is 4.50. The maximum atomic E-state index is 12.1. The van der Waals surface area contributed by atoms with Crippen LogP contribution in [0.2, 0.25) is 0 Å². The van der Waals surface area contributed by atoms with Gasteiger partial charge in [0.15, 0.2) is 0 Å². The van der Waals surface area contributed by atoms with Crippen LogP contribution in [-0.2, 0) is 11.2 Å². The van der Waals surface area contributed by atoms with E-state index in [2.05, 4.69) is 34.7 Å². The molecule has 1 N–H and O–H groups in total. The molecule has 2 aliphatic rings. The van der Waals surface area contributed by atoms with Crippen LogP contribution in [0, 0.1) is 5.92 Å². The first kappa shape index (κ1) is 16.5. The van der Waals surface area contributed by atoms with Gasteiger partial charge in [-0.2, -0.15) is 0 Å². The maximum Gasteiger partial charge on any atom is 0.225 e. The van der Waals surface area contributed by atoms with Crippen molar-refractivity contribution in [1.29, 1.82) is 0 Å². The van der Waals surface area contributed by atoms with Gasteiger partial charge in [0.25, 0.3) is 0 Å². The smallest absolute Gasteiger partial charge is 0.225 e. The van der Waals surface area contributed by atoms with Crippen molar-refractivity contribution in [2.75, 3.05) is 42.7 Å². The average Bonchev–Trinajstić information content (AvgIpc) is 2.60. The number of carbonyl (C=O) groups is 1. The molecule has 126 valence electrons. The molecule has 1 atom stereocenters. The SMILES string of the molecule is CSC1CCc2cc(N3CCN(C(=O)C(C)C)CC3)ccc2N1. The largest absolute Gasteiger partial charge is 0.373 e. The van der Waals surface area contributed by atoms with Crippen molar-refractivity contribution in [3.05, 3.63) is 23.8 Å². The third kappa shape index (κ3) is 3.60. The van der Waals surface area contributed by atoms with Crippen molar-refractivity contribution in [3.8, 4) is 0 Å². The van der Waals surface area contributed by atoms with Crippen LogP contribution >= 0.6 is 11.8 Å². The van der Waals surface area contributed by atoms with Crippen LogP contribution in [0.15, 0.2) is 18.2 Å². The minimum absolute atomic E-state index is 0.0979. The summed E-state index contributed by atoms with van der Waals surface area (Å²) < 4.78 is 0. The van der Waals surface area contributed by atoms with Gasteiger partial charge in [-0.25, -0.2) is 0 Å². The van der Waals surface area contributed by atoms with Crippen LogP contribution in [0.5, 0.6) is 0 Å². The lowest BCUT2D eigenvalue weighted by atomic mass is 10.0. The maximum absolute atomic E-state index is 12.1. The molecule has 23 heavy (non-hydrogen) atoms. The number of rotatable bonds is 3. The molecule has 1 aromatic rings. The van der Waals surface area contributed by atoms with Gasteiger partial charge in [-0.3, -0.25) is 4.79 Å². The number of thioether (sulfide) groups is 1. The summed E-state index contributed by atoms with van der Waals surface area (Å²) in [6, 6.07) is 6.77. The van der Waals surface area contributed by atoms with E-state index in [0.29, 0.717) is 5.37 Å². The first-order valence-corrected chi connectivity index (χ1v) is 9.83. The van der Waals surface area contributed by atoms with E-state index in [1.807, 2.05) is 30.5 Å². The van der Waals surface area contributed by atoms with Gasteiger partial charge in [0.05, 0.1) is 5.37 Å². The lowest BCUT2D eigenvalue weighted by Gasteiger charge is -2.37. The molecule has 0 saturated carbocycles. The molecule has 0 bridgehead atoms. The van der Waals surface area contributed by atoms with Gasteiger partial charge in [0.1, 0.15) is 0 Å². The van der Waals surface area contributed by atoms with Gasteiger partial charge in [0.2, 0.25) is 5.91 Å². The van der Waals surface area contributed by atoms with Crippen molar-refractivity contribution in [2.45, 2.75) is 32.1 Å². The van der Waals surface area contributed by atoms with E-state index in [4.69, 9.17) is 0 Å². The molecule has 1 aromatic carbocycles. The molecule has 0 aliphatic carbocycles. The first-order valence-electron chi connectivity index (χ1n) is 8.54. The van der Waals surface area contributed by atoms with Gasteiger partial charge >= 0.3 is 0 Å². The molecular weight excluding hydrogens is 306 g/mol. The molecule has 1 fully saturated rings. The number of amides is 1. The topological polar surface area (TPSA) is 35.6 Å². The Morgan fingerprint density at radius 2 is 2.00 bits per heavy atom. The number of hydrogen-bond acceptors (Lipinski definition) is 4. The third-order valence-electron chi connectivity index (χ3n) is 4.82. The number of aryl methyl sites for hydroxylation is 1. The molecule has 0 spiro atoms. The van der Waals surface area contributed by atoms with E-state index in [9.17, 15) is 4.79 Å². The number of fused-ring (bicyclic) bond motifs is 1. The van der Waals surface area contributed by atoms with Gasteiger partial charge in [-0.15, -0.1) is 11.8 Å². The van der Waals surface area contributed by atoms with Crippen LogP contribution in [-0.4, -0.2) is 48.6 Å². The second-order valence-corrected chi connectivity index (χ2v) is 7.76. The minimum atomic E-state index is 0.0979. The fourth-order valence-electron chi connectivity index (χ4n) is 3.38. The summed E-state index contributed by atoms with van der Waals surface area (Å²) in [4.78, 5) is 16.5. The fourth-order valence-corrected chi connectivity index (χ4v) is 3.98. The van der Waals surface area contributed by atoms with E-state index < -0.39 is 0 Å². The number of hydrogen-bond donors (Lipinski definition) is 1. The molecule has 5 heteroatoms. The number of piperazine rings is 1. The Bertz CT molecular complexity index is 567. The zero-order chi connectivity index (χ0) is 16.4. The fraction of sp³-hybridized carbons (Fsp3) is 0.611. The van der Waals surface area contributed by atoms with Gasteiger partial charge < -0.3 is 15.1 Å². The molecule has 4 nitrogen and oxygen atoms in total. The number of nitrogens with one attached hydrogen (secondary N) is 1. The molecule has 1 amide bonds. The molecule has 0 radical (unpaired) electrons. The van der Waals surface area contributed by atoms with Crippen LogP contribution in [0.3, 0.4) is 0 Å². The molecule has 2 heterocycles. The monoisotopic (exact) mass is 333 g/mol. The number of nitrogens with zero attached hydrogens (tertiary/aromatic N) is 2. The second kappa shape index (κ2) is 7.04. The molecule has 1 saturated heterocycles. The van der Waals surface area contributed by atoms with Crippen LogP contribution < -0.4 is 10.2 Å². The summed E-state index contributed by atoms with van der Waals surface area (Å²) in [6.45, 7) is 7.48. The van der Waals surface area contributed by atoms with Crippen molar-refractivity contribution >= 4 is 29.0 Å². The highest BCUT2D eigenvalue weighted by Gasteiger charge is 2.24. The van der Waals surface area contributed by atoms with Crippen molar-refractivity contribution in [3.63, 3.8) is 0 Å². The van der Waals surface area contributed by atoms with E-state index >= 15 is 0 Å². The first-order chi connectivity index (χ1) is 11.1. The average molecular weight is 334 g/mol. The van der Waals surface area contributed by atoms with Crippen molar-refractivity contribution in [2.24, 2.45) is 5.92 Å². The van der Waals surface area contributed by atoms with Gasteiger partial charge in [0, 0.05) is 43.5 Å². The molecule has 0 aromatic heterocycles. The van der Waals surface area contributed by atoms with Crippen LogP contribution in [0.25, 0.3) is 0 Å². The Morgan fingerprint density at radius 3 is 2.65 bits per heavy atom. The highest BCUT2D eigenvalue weighted by Crippen LogP contribution is 2.32. The standard InChI is InChI=1S/C18H27N3OS/c1-13(2)18(22)21-10-8-20(9-11-21)15-5-6-16-14(12-15)4-7-17(19-16)23-3/h5-6,12-13,17,19H,4,7-11H2,1-3H3. The Hall–Kier alpha value is -1.36. The quantitative estimate of drug-likeness (QED) is 0.922. The predicted molar refractivity (Wildman–Crippen MR) is 99.3 cm³/mol. The van der Waals surface area contributed by atoms with Gasteiger partial charge in [-0.1, -0.05) is 13.8 Å². The Morgan fingerprint density at radius 1 is 1.26 bits per heavy atom. The third-order valence-corrected chi connectivity index (χ3v) is 5.74. The van der Waals surface area contributed by atoms with Crippen LogP contribution in [0.4, 0.5) is 11.4 Å². The van der Waals surface area contributed by atoms with Crippen LogP contribution in [0.1, 0.15) is 25.8 Å².